The summed E-state index contributed by atoms with van der Waals surface area (Å²) in [5.41, 5.74) is 1.95. The third-order valence-electron chi connectivity index (χ3n) is 4.21. The van der Waals surface area contributed by atoms with E-state index in [9.17, 15) is 9.59 Å². The summed E-state index contributed by atoms with van der Waals surface area (Å²) in [7, 11) is 0. The molecule has 3 aromatic rings. The van der Waals surface area contributed by atoms with Crippen molar-refractivity contribution in [1.82, 2.24) is 14.9 Å². The first-order chi connectivity index (χ1) is 12.8. The lowest BCUT2D eigenvalue weighted by Gasteiger charge is -2.23. The van der Waals surface area contributed by atoms with Crippen LogP contribution in [-0.2, 0) is 9.59 Å². The highest BCUT2D eigenvalue weighted by molar-refractivity contribution is 8.01. The summed E-state index contributed by atoms with van der Waals surface area (Å²) in [4.78, 5) is 27.6. The number of hydrogen-bond donors (Lipinski definition) is 2. The molecule has 7 heteroatoms. The highest BCUT2D eigenvalue weighted by Crippen LogP contribution is 2.35. The van der Waals surface area contributed by atoms with Gasteiger partial charge >= 0.3 is 5.97 Å². The standard InChI is InChI=1S/C20H21N3O3S/c1-13-11-22-19(27-20(2,3)18(26)21-12-17(24)25)23(13)16-10-6-8-14-7-4-5-9-15(14)16/h4-11H,12H2,1-3H3,(H,21,26)(H,24,25). The van der Waals surface area contributed by atoms with Gasteiger partial charge in [-0.2, -0.15) is 0 Å². The Morgan fingerprint density at radius 2 is 1.89 bits per heavy atom. The van der Waals surface area contributed by atoms with Crippen LogP contribution in [0.2, 0.25) is 0 Å². The van der Waals surface area contributed by atoms with Crippen molar-refractivity contribution in [3.8, 4) is 5.69 Å². The number of carbonyl (C=O) groups is 2. The fourth-order valence-electron chi connectivity index (χ4n) is 2.83. The van der Waals surface area contributed by atoms with Gasteiger partial charge < -0.3 is 10.4 Å². The fourth-order valence-corrected chi connectivity index (χ4v) is 3.89. The molecule has 0 aliphatic heterocycles. The second-order valence-electron chi connectivity index (χ2n) is 6.70. The van der Waals surface area contributed by atoms with E-state index in [0.29, 0.717) is 5.16 Å². The lowest BCUT2D eigenvalue weighted by atomic mass is 10.1. The first-order valence-electron chi connectivity index (χ1n) is 8.51. The molecule has 1 aromatic heterocycles. The van der Waals surface area contributed by atoms with Crippen LogP contribution in [0.4, 0.5) is 0 Å². The van der Waals surface area contributed by atoms with Crippen LogP contribution in [0, 0.1) is 6.92 Å². The smallest absolute Gasteiger partial charge is 0.322 e. The van der Waals surface area contributed by atoms with Gasteiger partial charge in [0.25, 0.3) is 0 Å². The number of hydrogen-bond acceptors (Lipinski definition) is 4. The molecule has 3 rings (SSSR count). The molecule has 6 nitrogen and oxygen atoms in total. The monoisotopic (exact) mass is 383 g/mol. The van der Waals surface area contributed by atoms with E-state index in [4.69, 9.17) is 5.11 Å². The van der Waals surface area contributed by atoms with Crippen LogP contribution in [0.5, 0.6) is 0 Å². The Kier molecular flexibility index (Phi) is 5.23. The number of fused-ring (bicyclic) bond motifs is 1. The molecule has 2 N–H and O–H groups in total. The van der Waals surface area contributed by atoms with E-state index in [1.807, 2.05) is 35.8 Å². The van der Waals surface area contributed by atoms with Crippen LogP contribution < -0.4 is 5.32 Å². The summed E-state index contributed by atoms with van der Waals surface area (Å²) in [6.07, 6.45) is 1.77. The Morgan fingerprint density at radius 3 is 2.63 bits per heavy atom. The number of nitrogens with zero attached hydrogens (tertiary/aromatic N) is 2. The van der Waals surface area contributed by atoms with Crippen LogP contribution >= 0.6 is 11.8 Å². The maximum absolute atomic E-state index is 12.4. The number of carbonyl (C=O) groups excluding carboxylic acids is 1. The number of rotatable bonds is 6. The molecule has 2 aromatic carbocycles. The van der Waals surface area contributed by atoms with Gasteiger partial charge in [-0.1, -0.05) is 48.2 Å². The molecule has 0 saturated carbocycles. The van der Waals surface area contributed by atoms with Crippen molar-refractivity contribution in [1.29, 1.82) is 0 Å². The minimum atomic E-state index is -1.07. The fraction of sp³-hybridized carbons (Fsp3) is 0.250. The van der Waals surface area contributed by atoms with Crippen molar-refractivity contribution in [3.63, 3.8) is 0 Å². The zero-order chi connectivity index (χ0) is 19.6. The number of imidazole rings is 1. The molecule has 0 fully saturated rings. The first-order valence-corrected chi connectivity index (χ1v) is 9.33. The van der Waals surface area contributed by atoms with E-state index < -0.39 is 17.3 Å². The van der Waals surface area contributed by atoms with Crippen LogP contribution in [0.15, 0.2) is 53.8 Å². The van der Waals surface area contributed by atoms with Crippen molar-refractivity contribution in [2.45, 2.75) is 30.7 Å². The van der Waals surface area contributed by atoms with E-state index >= 15 is 0 Å². The summed E-state index contributed by atoms with van der Waals surface area (Å²) in [5, 5.41) is 14.1. The average Bonchev–Trinajstić information content (AvgIpc) is 2.98. The highest BCUT2D eigenvalue weighted by Gasteiger charge is 2.31. The lowest BCUT2D eigenvalue weighted by molar-refractivity contribution is -0.138. The Balaban J connectivity index is 1.98. The molecule has 1 amide bonds. The molecule has 27 heavy (non-hydrogen) atoms. The van der Waals surface area contributed by atoms with Gasteiger partial charge in [0.2, 0.25) is 5.91 Å². The van der Waals surface area contributed by atoms with Gasteiger partial charge in [0, 0.05) is 17.3 Å². The number of nitrogens with one attached hydrogen (secondary N) is 1. The number of aromatic nitrogens is 2. The van der Waals surface area contributed by atoms with E-state index in [2.05, 4.69) is 28.5 Å². The van der Waals surface area contributed by atoms with Gasteiger partial charge in [0.1, 0.15) is 6.54 Å². The van der Waals surface area contributed by atoms with Crippen molar-refractivity contribution < 1.29 is 14.7 Å². The van der Waals surface area contributed by atoms with Crippen LogP contribution in [-0.4, -0.2) is 37.8 Å². The molecule has 1 heterocycles. The van der Waals surface area contributed by atoms with Crippen LogP contribution in [0.25, 0.3) is 16.5 Å². The molecule has 0 unspecified atom stereocenters. The number of aryl methyl sites for hydroxylation is 1. The molecular weight excluding hydrogens is 362 g/mol. The topological polar surface area (TPSA) is 84.2 Å². The third kappa shape index (κ3) is 3.98. The quantitative estimate of drug-likeness (QED) is 0.637. The number of thioether (sulfide) groups is 1. The van der Waals surface area contributed by atoms with Crippen LogP contribution in [0.1, 0.15) is 19.5 Å². The number of benzene rings is 2. The van der Waals surface area contributed by atoms with Crippen molar-refractivity contribution in [3.05, 3.63) is 54.4 Å². The molecule has 0 saturated heterocycles. The lowest BCUT2D eigenvalue weighted by Crippen LogP contribution is -2.42. The van der Waals surface area contributed by atoms with Gasteiger partial charge in [0.05, 0.1) is 10.4 Å². The summed E-state index contributed by atoms with van der Waals surface area (Å²) < 4.78 is 1.15. The van der Waals surface area contributed by atoms with Crippen LogP contribution in [0.3, 0.4) is 0 Å². The molecule has 0 atom stereocenters. The molecule has 0 aliphatic carbocycles. The Hall–Kier alpha value is -2.80. The Morgan fingerprint density at radius 1 is 1.19 bits per heavy atom. The van der Waals surface area contributed by atoms with Gasteiger partial charge in [-0.25, -0.2) is 4.98 Å². The Bertz CT molecular complexity index is 1010. The molecular formula is C20H21N3O3S. The van der Waals surface area contributed by atoms with Gasteiger partial charge in [-0.15, -0.1) is 0 Å². The maximum Gasteiger partial charge on any atom is 0.322 e. The highest BCUT2D eigenvalue weighted by atomic mass is 32.2. The number of aliphatic carboxylic acids is 1. The number of carboxylic acid groups (broad SMARTS) is 1. The first kappa shape index (κ1) is 19.0. The predicted octanol–water partition coefficient (Wildman–Crippen LogP) is 3.41. The number of carboxylic acids is 1. The minimum absolute atomic E-state index is 0.347. The summed E-state index contributed by atoms with van der Waals surface area (Å²) in [6, 6.07) is 14.2. The van der Waals surface area contributed by atoms with Crippen molar-refractivity contribution in [2.24, 2.45) is 0 Å². The summed E-state index contributed by atoms with van der Waals surface area (Å²) in [6.45, 7) is 5.08. The average molecular weight is 383 g/mol. The van der Waals surface area contributed by atoms with E-state index in [0.717, 1.165) is 22.2 Å². The maximum atomic E-state index is 12.4. The third-order valence-corrected chi connectivity index (χ3v) is 5.37. The van der Waals surface area contributed by atoms with Gasteiger partial charge in [-0.3, -0.25) is 14.2 Å². The predicted molar refractivity (Wildman–Crippen MR) is 106 cm³/mol. The minimum Gasteiger partial charge on any atom is -0.480 e. The number of amides is 1. The van der Waals surface area contributed by atoms with Gasteiger partial charge in [0.15, 0.2) is 5.16 Å². The molecule has 0 spiro atoms. The Labute approximate surface area is 161 Å². The second-order valence-corrected chi connectivity index (χ2v) is 8.29. The summed E-state index contributed by atoms with van der Waals surface area (Å²) in [5.74, 6) is -1.42. The normalized spacial score (nSPS) is 11.5. The molecule has 140 valence electrons. The molecule has 0 bridgehead atoms. The van der Waals surface area contributed by atoms with Crippen molar-refractivity contribution in [2.75, 3.05) is 6.54 Å². The van der Waals surface area contributed by atoms with Gasteiger partial charge in [-0.05, 0) is 32.2 Å². The molecule has 0 radical (unpaired) electrons. The molecule has 0 aliphatic rings. The zero-order valence-electron chi connectivity index (χ0n) is 15.4. The SMILES string of the molecule is Cc1cnc(SC(C)(C)C(=O)NCC(=O)O)n1-c1cccc2ccccc12. The van der Waals surface area contributed by atoms with Crippen molar-refractivity contribution >= 4 is 34.4 Å². The van der Waals surface area contributed by atoms with E-state index in [1.54, 1.807) is 20.0 Å². The van der Waals surface area contributed by atoms with E-state index in [1.165, 1.54) is 11.8 Å². The zero-order valence-corrected chi connectivity index (χ0v) is 16.2. The van der Waals surface area contributed by atoms with E-state index in [-0.39, 0.29) is 5.91 Å². The summed E-state index contributed by atoms with van der Waals surface area (Å²) >= 11 is 1.30. The second kappa shape index (κ2) is 7.44. The largest absolute Gasteiger partial charge is 0.480 e.